The molecule has 0 saturated carbocycles. The van der Waals surface area contributed by atoms with Gasteiger partial charge >= 0.3 is 5.97 Å². The van der Waals surface area contributed by atoms with Crippen molar-refractivity contribution in [2.24, 2.45) is 4.99 Å². The summed E-state index contributed by atoms with van der Waals surface area (Å²) in [6.45, 7) is 3.74. The fourth-order valence-electron chi connectivity index (χ4n) is 2.70. The number of aryl methyl sites for hydroxylation is 1. The summed E-state index contributed by atoms with van der Waals surface area (Å²) >= 11 is 0. The largest absolute Gasteiger partial charge is 0.496 e. The number of nitrogens with zero attached hydrogens (tertiary/aromatic N) is 1. The third-order valence-corrected chi connectivity index (χ3v) is 4.17. The van der Waals surface area contributed by atoms with E-state index in [1.54, 1.807) is 14.2 Å². The quantitative estimate of drug-likeness (QED) is 0.163. The van der Waals surface area contributed by atoms with Crippen LogP contribution in [-0.4, -0.2) is 46.3 Å². The van der Waals surface area contributed by atoms with Crippen LogP contribution in [0.3, 0.4) is 0 Å². The zero-order chi connectivity index (χ0) is 19.2. The number of halogens is 1. The lowest BCUT2D eigenvalue weighted by Gasteiger charge is -2.13. The van der Waals surface area contributed by atoms with Gasteiger partial charge in [-0.05, 0) is 37.8 Å². The van der Waals surface area contributed by atoms with Crippen molar-refractivity contribution in [1.82, 2.24) is 10.6 Å². The number of carbonyl (C=O) groups is 1. The Kier molecular flexibility index (Phi) is 14.7. The number of aliphatic imine (C=N–C) groups is 1. The number of methoxy groups -OCH3 is 2. The number of hydrogen-bond acceptors (Lipinski definition) is 4. The predicted molar refractivity (Wildman–Crippen MR) is 121 cm³/mol. The smallest absolute Gasteiger partial charge is 0.305 e. The molecule has 0 amide bonds. The van der Waals surface area contributed by atoms with Gasteiger partial charge < -0.3 is 20.1 Å². The summed E-state index contributed by atoms with van der Waals surface area (Å²) in [6.07, 6.45) is 5.44. The number of hydrogen-bond donors (Lipinski definition) is 2. The molecule has 0 spiro atoms. The first-order valence-corrected chi connectivity index (χ1v) is 9.25. The van der Waals surface area contributed by atoms with Gasteiger partial charge in [-0.2, -0.15) is 0 Å². The summed E-state index contributed by atoms with van der Waals surface area (Å²) in [4.78, 5) is 15.3. The minimum absolute atomic E-state index is 0. The number of esters is 1. The topological polar surface area (TPSA) is 72.0 Å². The number of carbonyl (C=O) groups excluding carboxylic acids is 1. The first kappa shape index (κ1) is 25.5. The number of rotatable bonds is 11. The zero-order valence-corrected chi connectivity index (χ0v) is 19.3. The van der Waals surface area contributed by atoms with Crippen molar-refractivity contribution in [2.75, 3.05) is 34.4 Å². The van der Waals surface area contributed by atoms with E-state index < -0.39 is 0 Å². The number of unbranched alkanes of at least 4 members (excludes halogenated alkanes) is 3. The lowest BCUT2D eigenvalue weighted by atomic mass is 10.1. The molecule has 0 fully saturated rings. The number of benzene rings is 1. The van der Waals surface area contributed by atoms with Crippen LogP contribution in [0.15, 0.2) is 23.2 Å². The Hall–Kier alpha value is -1.51. The molecule has 154 valence electrons. The molecule has 0 unspecified atom stereocenters. The molecule has 0 aromatic heterocycles. The minimum atomic E-state index is -0.127. The van der Waals surface area contributed by atoms with E-state index in [-0.39, 0.29) is 29.9 Å². The van der Waals surface area contributed by atoms with Crippen molar-refractivity contribution in [3.05, 3.63) is 29.3 Å². The van der Waals surface area contributed by atoms with Crippen LogP contribution >= 0.6 is 24.0 Å². The lowest BCUT2D eigenvalue weighted by Crippen LogP contribution is -2.38. The Labute approximate surface area is 180 Å². The highest BCUT2D eigenvalue weighted by atomic mass is 127. The minimum Gasteiger partial charge on any atom is -0.496 e. The standard InChI is InChI=1S/C20H33N3O3.HI/c1-16-10-11-18(25-3)17(15-16)12-14-23-20(21-2)22-13-8-6-5-7-9-19(24)26-4;/h10-11,15H,5-9,12-14H2,1-4H3,(H2,21,22,23);1H. The first-order valence-electron chi connectivity index (χ1n) is 9.25. The Morgan fingerprint density at radius 1 is 1.07 bits per heavy atom. The van der Waals surface area contributed by atoms with E-state index in [9.17, 15) is 4.79 Å². The Morgan fingerprint density at radius 2 is 1.78 bits per heavy atom. The SMILES string of the molecule is CN=C(NCCCCCCC(=O)OC)NCCc1cc(C)ccc1OC.I. The second kappa shape index (κ2) is 15.5. The highest BCUT2D eigenvalue weighted by Crippen LogP contribution is 2.19. The van der Waals surface area contributed by atoms with Crippen molar-refractivity contribution < 1.29 is 14.3 Å². The van der Waals surface area contributed by atoms with Crippen LogP contribution in [0.1, 0.15) is 43.2 Å². The van der Waals surface area contributed by atoms with Gasteiger partial charge in [0.05, 0.1) is 14.2 Å². The van der Waals surface area contributed by atoms with Crippen molar-refractivity contribution in [3.63, 3.8) is 0 Å². The monoisotopic (exact) mass is 491 g/mol. The van der Waals surface area contributed by atoms with Crippen molar-refractivity contribution in [1.29, 1.82) is 0 Å². The Balaban J connectivity index is 0.00000676. The van der Waals surface area contributed by atoms with E-state index in [1.165, 1.54) is 18.2 Å². The summed E-state index contributed by atoms with van der Waals surface area (Å²) in [7, 11) is 4.91. The van der Waals surface area contributed by atoms with E-state index in [2.05, 4.69) is 39.4 Å². The molecular weight excluding hydrogens is 457 g/mol. The van der Waals surface area contributed by atoms with Gasteiger partial charge in [0.25, 0.3) is 0 Å². The maximum atomic E-state index is 11.0. The van der Waals surface area contributed by atoms with Gasteiger partial charge in [-0.25, -0.2) is 0 Å². The molecule has 1 aromatic carbocycles. The van der Waals surface area contributed by atoms with Gasteiger partial charge in [0, 0.05) is 26.6 Å². The molecule has 0 aliphatic rings. The van der Waals surface area contributed by atoms with E-state index >= 15 is 0 Å². The lowest BCUT2D eigenvalue weighted by molar-refractivity contribution is -0.140. The summed E-state index contributed by atoms with van der Waals surface area (Å²) in [5, 5.41) is 6.66. The summed E-state index contributed by atoms with van der Waals surface area (Å²) in [5.74, 6) is 1.61. The highest BCUT2D eigenvalue weighted by Gasteiger charge is 2.04. The van der Waals surface area contributed by atoms with Crippen LogP contribution in [0.5, 0.6) is 5.75 Å². The molecule has 7 heteroatoms. The van der Waals surface area contributed by atoms with Gasteiger partial charge in [-0.15, -0.1) is 24.0 Å². The van der Waals surface area contributed by atoms with Crippen molar-refractivity contribution >= 4 is 35.9 Å². The van der Waals surface area contributed by atoms with E-state index in [0.29, 0.717) is 6.42 Å². The molecule has 1 aromatic rings. The van der Waals surface area contributed by atoms with Gasteiger partial charge in [0.2, 0.25) is 0 Å². The Bertz CT molecular complexity index is 580. The van der Waals surface area contributed by atoms with Crippen LogP contribution in [0.4, 0.5) is 0 Å². The van der Waals surface area contributed by atoms with E-state index in [4.69, 9.17) is 4.74 Å². The molecule has 0 heterocycles. The summed E-state index contributed by atoms with van der Waals surface area (Å²) in [6, 6.07) is 6.23. The van der Waals surface area contributed by atoms with Crippen LogP contribution in [0.2, 0.25) is 0 Å². The van der Waals surface area contributed by atoms with Gasteiger partial charge in [-0.3, -0.25) is 9.79 Å². The first-order chi connectivity index (χ1) is 12.6. The van der Waals surface area contributed by atoms with Crippen LogP contribution < -0.4 is 15.4 Å². The normalized spacial score (nSPS) is 10.7. The maximum Gasteiger partial charge on any atom is 0.305 e. The molecule has 0 aliphatic carbocycles. The average molecular weight is 491 g/mol. The van der Waals surface area contributed by atoms with Gasteiger partial charge in [0.15, 0.2) is 5.96 Å². The number of nitrogens with one attached hydrogen (secondary N) is 2. The van der Waals surface area contributed by atoms with Gasteiger partial charge in [-0.1, -0.05) is 30.5 Å². The van der Waals surface area contributed by atoms with Crippen LogP contribution in [-0.2, 0) is 16.0 Å². The summed E-state index contributed by atoms with van der Waals surface area (Å²) < 4.78 is 10.0. The van der Waals surface area contributed by atoms with E-state index in [0.717, 1.165) is 56.9 Å². The molecule has 1 rings (SSSR count). The molecular formula is C20H34IN3O3. The predicted octanol–water partition coefficient (Wildman–Crippen LogP) is 3.45. The summed E-state index contributed by atoms with van der Waals surface area (Å²) in [5.41, 5.74) is 2.43. The zero-order valence-electron chi connectivity index (χ0n) is 17.0. The molecule has 2 N–H and O–H groups in total. The third-order valence-electron chi connectivity index (χ3n) is 4.17. The molecule has 0 saturated heterocycles. The number of guanidine groups is 1. The second-order valence-corrected chi connectivity index (χ2v) is 6.23. The van der Waals surface area contributed by atoms with Gasteiger partial charge in [0.1, 0.15) is 5.75 Å². The molecule has 0 radical (unpaired) electrons. The molecule has 6 nitrogen and oxygen atoms in total. The van der Waals surface area contributed by atoms with Crippen LogP contribution in [0, 0.1) is 6.92 Å². The highest BCUT2D eigenvalue weighted by molar-refractivity contribution is 14.0. The average Bonchev–Trinajstić information content (AvgIpc) is 2.65. The fraction of sp³-hybridized carbons (Fsp3) is 0.600. The maximum absolute atomic E-state index is 11.0. The molecule has 27 heavy (non-hydrogen) atoms. The Morgan fingerprint density at radius 3 is 2.44 bits per heavy atom. The molecule has 0 aliphatic heterocycles. The number of ether oxygens (including phenoxy) is 2. The van der Waals surface area contributed by atoms with Crippen LogP contribution in [0.25, 0.3) is 0 Å². The van der Waals surface area contributed by atoms with E-state index in [1.807, 2.05) is 6.07 Å². The molecule has 0 bridgehead atoms. The fourth-order valence-corrected chi connectivity index (χ4v) is 2.70. The molecule has 0 atom stereocenters. The second-order valence-electron chi connectivity index (χ2n) is 6.23. The van der Waals surface area contributed by atoms with Crippen molar-refractivity contribution in [3.8, 4) is 5.75 Å². The van der Waals surface area contributed by atoms with Crippen molar-refractivity contribution in [2.45, 2.75) is 45.4 Å². The third kappa shape index (κ3) is 11.0.